The van der Waals surface area contributed by atoms with Crippen molar-refractivity contribution in [1.29, 1.82) is 0 Å². The van der Waals surface area contributed by atoms with Crippen LogP contribution in [0.25, 0.3) is 0 Å². The van der Waals surface area contributed by atoms with Crippen LogP contribution in [-0.2, 0) is 20.7 Å². The molecule has 2 aliphatic heterocycles. The molecule has 2 fully saturated rings. The van der Waals surface area contributed by atoms with Gasteiger partial charge in [0.05, 0.1) is 6.04 Å². The second-order valence-corrected chi connectivity index (χ2v) is 10.1. The van der Waals surface area contributed by atoms with E-state index in [0.29, 0.717) is 45.4 Å². The number of amides is 3. The fourth-order valence-corrected chi connectivity index (χ4v) is 4.48. The molecule has 0 bridgehead atoms. The summed E-state index contributed by atoms with van der Waals surface area (Å²) in [6.07, 6.45) is 2.21. The number of aryl methyl sites for hydroxylation is 1. The molecular formula is C25H37N3O4. The van der Waals surface area contributed by atoms with Gasteiger partial charge in [0.2, 0.25) is 11.8 Å². The molecule has 1 N–H and O–H groups in total. The highest BCUT2D eigenvalue weighted by atomic mass is 16.6. The Morgan fingerprint density at radius 3 is 2.31 bits per heavy atom. The van der Waals surface area contributed by atoms with E-state index >= 15 is 0 Å². The Morgan fingerprint density at radius 1 is 1.03 bits per heavy atom. The maximum atomic E-state index is 13.1. The van der Waals surface area contributed by atoms with Crippen LogP contribution in [0.3, 0.4) is 0 Å². The Balaban J connectivity index is 1.43. The molecule has 0 spiro atoms. The zero-order valence-electron chi connectivity index (χ0n) is 19.8. The van der Waals surface area contributed by atoms with Crippen molar-refractivity contribution >= 4 is 17.9 Å². The van der Waals surface area contributed by atoms with Gasteiger partial charge in [-0.3, -0.25) is 9.59 Å². The highest BCUT2D eigenvalue weighted by molar-refractivity contribution is 5.81. The highest BCUT2D eigenvalue weighted by Crippen LogP contribution is 2.25. The van der Waals surface area contributed by atoms with Crippen molar-refractivity contribution in [2.45, 2.75) is 65.0 Å². The minimum atomic E-state index is -0.548. The van der Waals surface area contributed by atoms with Gasteiger partial charge >= 0.3 is 6.09 Å². The molecule has 0 aliphatic carbocycles. The van der Waals surface area contributed by atoms with Crippen LogP contribution in [-0.4, -0.2) is 65.5 Å². The van der Waals surface area contributed by atoms with Crippen molar-refractivity contribution < 1.29 is 19.1 Å². The molecule has 3 amide bonds. The van der Waals surface area contributed by atoms with E-state index < -0.39 is 11.7 Å². The second-order valence-electron chi connectivity index (χ2n) is 10.1. The van der Waals surface area contributed by atoms with E-state index in [1.807, 2.05) is 67.8 Å². The Hall–Kier alpha value is -2.57. The predicted octanol–water partition coefficient (Wildman–Crippen LogP) is 3.23. The number of benzene rings is 1. The van der Waals surface area contributed by atoms with Crippen LogP contribution in [0.4, 0.5) is 4.79 Å². The van der Waals surface area contributed by atoms with E-state index in [1.165, 1.54) is 5.56 Å². The van der Waals surface area contributed by atoms with Gasteiger partial charge in [0.25, 0.3) is 0 Å². The number of carbonyl (C=O) groups excluding carboxylic acids is 3. The molecule has 2 saturated heterocycles. The van der Waals surface area contributed by atoms with E-state index in [4.69, 9.17) is 4.74 Å². The molecule has 2 heterocycles. The number of hydrogen-bond donors (Lipinski definition) is 1. The van der Waals surface area contributed by atoms with Crippen molar-refractivity contribution in [1.82, 2.24) is 15.1 Å². The number of nitrogens with zero attached hydrogens (tertiary/aromatic N) is 2. The predicted molar refractivity (Wildman–Crippen MR) is 123 cm³/mol. The molecule has 176 valence electrons. The standard InChI is InChI=1S/C25H37N3O4/c1-18-16-28(17-21(18)26-24(31)32-25(2,3)4)23(30)20-12-14-27(15-13-20)22(29)11-10-19-8-6-5-7-9-19/h5-9,18,20-21H,10-17H2,1-4H3,(H,26,31)/t18-,21-/m0/s1. The monoisotopic (exact) mass is 443 g/mol. The fraction of sp³-hybridized carbons (Fsp3) is 0.640. The van der Waals surface area contributed by atoms with Gasteiger partial charge in [-0.25, -0.2) is 4.79 Å². The summed E-state index contributed by atoms with van der Waals surface area (Å²) in [5, 5.41) is 2.91. The quantitative estimate of drug-likeness (QED) is 0.758. The first-order chi connectivity index (χ1) is 15.1. The van der Waals surface area contributed by atoms with E-state index in [-0.39, 0.29) is 29.7 Å². The number of nitrogens with one attached hydrogen (secondary N) is 1. The number of likely N-dealkylation sites (tertiary alicyclic amines) is 2. The topological polar surface area (TPSA) is 79.0 Å². The Kier molecular flexibility index (Phi) is 7.80. The maximum absolute atomic E-state index is 13.1. The molecule has 0 unspecified atom stereocenters. The third-order valence-corrected chi connectivity index (χ3v) is 6.29. The number of rotatable bonds is 5. The van der Waals surface area contributed by atoms with Gasteiger partial charge in [-0.2, -0.15) is 0 Å². The van der Waals surface area contributed by atoms with E-state index in [2.05, 4.69) is 5.32 Å². The number of piperidine rings is 1. The lowest BCUT2D eigenvalue weighted by molar-refractivity contribution is -0.140. The van der Waals surface area contributed by atoms with E-state index in [9.17, 15) is 14.4 Å². The van der Waals surface area contributed by atoms with Gasteiger partial charge in [-0.05, 0) is 51.5 Å². The molecule has 7 nitrogen and oxygen atoms in total. The smallest absolute Gasteiger partial charge is 0.407 e. The molecule has 1 aromatic carbocycles. The third-order valence-electron chi connectivity index (χ3n) is 6.29. The Bertz CT molecular complexity index is 797. The van der Waals surface area contributed by atoms with Crippen molar-refractivity contribution in [2.75, 3.05) is 26.2 Å². The van der Waals surface area contributed by atoms with Gasteiger partial charge in [0, 0.05) is 38.5 Å². The van der Waals surface area contributed by atoms with Crippen LogP contribution in [0.5, 0.6) is 0 Å². The summed E-state index contributed by atoms with van der Waals surface area (Å²) < 4.78 is 5.35. The molecule has 0 aromatic heterocycles. The van der Waals surface area contributed by atoms with Gasteiger partial charge in [0.1, 0.15) is 5.60 Å². The minimum absolute atomic E-state index is 0.0550. The summed E-state index contributed by atoms with van der Waals surface area (Å²) >= 11 is 0. The SMILES string of the molecule is C[C@H]1CN(C(=O)C2CCN(C(=O)CCc3ccccc3)CC2)C[C@@H]1NC(=O)OC(C)(C)C. The molecular weight excluding hydrogens is 406 g/mol. The van der Waals surface area contributed by atoms with Crippen molar-refractivity contribution in [2.24, 2.45) is 11.8 Å². The second kappa shape index (κ2) is 10.4. The first-order valence-corrected chi connectivity index (χ1v) is 11.7. The average molecular weight is 444 g/mol. The molecule has 3 rings (SSSR count). The molecule has 2 aliphatic rings. The van der Waals surface area contributed by atoms with Crippen LogP contribution in [0.2, 0.25) is 0 Å². The van der Waals surface area contributed by atoms with E-state index in [0.717, 1.165) is 6.42 Å². The van der Waals surface area contributed by atoms with Crippen molar-refractivity contribution in [3.05, 3.63) is 35.9 Å². The Morgan fingerprint density at radius 2 is 1.69 bits per heavy atom. The van der Waals surface area contributed by atoms with Crippen LogP contribution in [0.15, 0.2) is 30.3 Å². The van der Waals surface area contributed by atoms with Gasteiger partial charge in [0.15, 0.2) is 0 Å². The van der Waals surface area contributed by atoms with Gasteiger partial charge in [-0.15, -0.1) is 0 Å². The maximum Gasteiger partial charge on any atom is 0.407 e. The average Bonchev–Trinajstić information content (AvgIpc) is 3.11. The minimum Gasteiger partial charge on any atom is -0.444 e. The molecule has 0 radical (unpaired) electrons. The zero-order valence-corrected chi connectivity index (χ0v) is 19.8. The zero-order chi connectivity index (χ0) is 23.3. The van der Waals surface area contributed by atoms with E-state index in [1.54, 1.807) is 0 Å². The highest BCUT2D eigenvalue weighted by Gasteiger charge is 2.38. The molecule has 1 aromatic rings. The molecule has 7 heteroatoms. The first-order valence-electron chi connectivity index (χ1n) is 11.7. The lowest BCUT2D eigenvalue weighted by Gasteiger charge is -2.33. The van der Waals surface area contributed by atoms with Crippen LogP contribution in [0.1, 0.15) is 52.5 Å². The molecule has 2 atom stereocenters. The summed E-state index contributed by atoms with van der Waals surface area (Å²) in [5.74, 6) is 0.421. The summed E-state index contributed by atoms with van der Waals surface area (Å²) in [4.78, 5) is 41.5. The van der Waals surface area contributed by atoms with Gasteiger partial charge in [-0.1, -0.05) is 37.3 Å². The first kappa shape index (κ1) is 24.1. The van der Waals surface area contributed by atoms with Crippen molar-refractivity contribution in [3.8, 4) is 0 Å². The van der Waals surface area contributed by atoms with Crippen LogP contribution >= 0.6 is 0 Å². The number of hydrogen-bond acceptors (Lipinski definition) is 4. The fourth-order valence-electron chi connectivity index (χ4n) is 4.48. The summed E-state index contributed by atoms with van der Waals surface area (Å²) in [6.45, 7) is 9.95. The number of carbonyl (C=O) groups is 3. The summed E-state index contributed by atoms with van der Waals surface area (Å²) in [7, 11) is 0. The van der Waals surface area contributed by atoms with Gasteiger partial charge < -0.3 is 19.9 Å². The normalized spacial score (nSPS) is 22.0. The lowest BCUT2D eigenvalue weighted by atomic mass is 9.95. The number of alkyl carbamates (subject to hydrolysis) is 1. The summed E-state index contributed by atoms with van der Waals surface area (Å²) in [5.41, 5.74) is 0.622. The van der Waals surface area contributed by atoms with Crippen LogP contribution in [0, 0.1) is 11.8 Å². The molecule has 0 saturated carbocycles. The third kappa shape index (κ3) is 6.71. The molecule has 32 heavy (non-hydrogen) atoms. The Labute approximate surface area is 191 Å². The number of ether oxygens (including phenoxy) is 1. The lowest BCUT2D eigenvalue weighted by Crippen LogP contribution is -2.45. The summed E-state index contributed by atoms with van der Waals surface area (Å²) in [6, 6.07) is 9.94. The largest absolute Gasteiger partial charge is 0.444 e. The van der Waals surface area contributed by atoms with Crippen molar-refractivity contribution in [3.63, 3.8) is 0 Å². The van der Waals surface area contributed by atoms with Crippen LogP contribution < -0.4 is 5.32 Å².